The van der Waals surface area contributed by atoms with E-state index >= 15 is 0 Å². The molecule has 0 spiro atoms. The van der Waals surface area contributed by atoms with Crippen molar-refractivity contribution < 1.29 is 14.3 Å². The van der Waals surface area contributed by atoms with E-state index in [1.54, 1.807) is 18.9 Å². The molecule has 6 nitrogen and oxygen atoms in total. The van der Waals surface area contributed by atoms with Gasteiger partial charge >= 0.3 is 0 Å². The highest BCUT2D eigenvalue weighted by Gasteiger charge is 2.34. The van der Waals surface area contributed by atoms with Gasteiger partial charge in [-0.1, -0.05) is 30.3 Å². The first-order valence-electron chi connectivity index (χ1n) is 11.8. The number of methoxy groups -OCH3 is 1. The summed E-state index contributed by atoms with van der Waals surface area (Å²) in [6.07, 6.45) is 3.32. The molecule has 3 aromatic carbocycles. The number of fused-ring (bicyclic) bond motifs is 1. The van der Waals surface area contributed by atoms with Crippen LogP contribution in [0.15, 0.2) is 77.7 Å². The largest absolute Gasteiger partial charge is 0.493 e. The quantitative estimate of drug-likeness (QED) is 0.222. The smallest absolute Gasteiger partial charge is 0.227 e. The Kier molecular flexibility index (Phi) is 6.95. The van der Waals surface area contributed by atoms with E-state index in [1.807, 2.05) is 65.8 Å². The summed E-state index contributed by atoms with van der Waals surface area (Å²) < 4.78 is 13.6. The molecule has 0 bridgehead atoms. The molecule has 0 N–H and O–H groups in total. The maximum Gasteiger partial charge on any atom is 0.227 e. The van der Waals surface area contributed by atoms with Crippen LogP contribution in [0.5, 0.6) is 11.5 Å². The predicted octanol–water partition coefficient (Wildman–Crippen LogP) is 5.76. The zero-order valence-electron chi connectivity index (χ0n) is 20.0. The van der Waals surface area contributed by atoms with E-state index in [2.05, 4.69) is 22.8 Å². The molecule has 1 saturated heterocycles. The number of aryl methyl sites for hydroxylation is 1. The molecule has 5 rings (SSSR count). The minimum atomic E-state index is 0.0444. The van der Waals surface area contributed by atoms with E-state index in [-0.39, 0.29) is 11.8 Å². The Balaban J connectivity index is 1.34. The summed E-state index contributed by atoms with van der Waals surface area (Å²) in [6.45, 7) is 1.96. The number of rotatable bonds is 9. The second kappa shape index (κ2) is 10.4. The van der Waals surface area contributed by atoms with Gasteiger partial charge in [0, 0.05) is 36.0 Å². The van der Waals surface area contributed by atoms with Crippen LogP contribution in [-0.4, -0.2) is 42.0 Å². The van der Waals surface area contributed by atoms with Gasteiger partial charge in [0.15, 0.2) is 11.5 Å². The first-order chi connectivity index (χ1) is 17.2. The fraction of sp³-hybridized carbons (Fsp3) is 0.286. The van der Waals surface area contributed by atoms with Crippen molar-refractivity contribution in [1.29, 1.82) is 0 Å². The standard InChI is InChI=1S/C28H29N3O3S/c1-33-25-13-5-6-14-26(25)34-16-8-15-30-24-12-4-3-11-23(24)29-28(30)20-17-27(32)31(19-20)21-9-7-10-22(18-21)35-2/h3-7,9-14,18,20H,8,15-17,19H2,1-2H3/t20-/m1/s1. The van der Waals surface area contributed by atoms with Gasteiger partial charge in [-0.2, -0.15) is 0 Å². The number of carbonyl (C=O) groups is 1. The number of ether oxygens (including phenoxy) is 2. The van der Waals surface area contributed by atoms with Crippen molar-refractivity contribution in [3.63, 3.8) is 0 Å². The summed E-state index contributed by atoms with van der Waals surface area (Å²) in [4.78, 5) is 21.0. The number of anilines is 1. The van der Waals surface area contributed by atoms with Crippen LogP contribution >= 0.6 is 11.8 Å². The van der Waals surface area contributed by atoms with Crippen LogP contribution in [-0.2, 0) is 11.3 Å². The average molecular weight is 488 g/mol. The summed E-state index contributed by atoms with van der Waals surface area (Å²) in [5.74, 6) is 2.64. The second-order valence-electron chi connectivity index (χ2n) is 8.57. The number of benzene rings is 3. The number of aromatic nitrogens is 2. The summed E-state index contributed by atoms with van der Waals surface area (Å²) >= 11 is 1.68. The first kappa shape index (κ1) is 23.3. The van der Waals surface area contributed by atoms with Crippen LogP contribution in [0.3, 0.4) is 0 Å². The van der Waals surface area contributed by atoms with Crippen LogP contribution in [0.1, 0.15) is 24.6 Å². The number of para-hydroxylation sites is 4. The third-order valence-corrected chi connectivity index (χ3v) is 7.12. The third-order valence-electron chi connectivity index (χ3n) is 6.39. The molecule has 35 heavy (non-hydrogen) atoms. The van der Waals surface area contributed by atoms with Crippen molar-refractivity contribution in [1.82, 2.24) is 9.55 Å². The van der Waals surface area contributed by atoms with Gasteiger partial charge in [0.05, 0.1) is 24.8 Å². The Labute approximate surface area is 209 Å². The van der Waals surface area contributed by atoms with Gasteiger partial charge in [-0.25, -0.2) is 4.98 Å². The highest BCUT2D eigenvalue weighted by atomic mass is 32.2. The Hall–Kier alpha value is -3.45. The molecule has 0 unspecified atom stereocenters. The van der Waals surface area contributed by atoms with E-state index in [1.165, 1.54) is 0 Å². The van der Waals surface area contributed by atoms with Crippen molar-refractivity contribution >= 4 is 34.4 Å². The highest BCUT2D eigenvalue weighted by Crippen LogP contribution is 2.34. The van der Waals surface area contributed by atoms with Crippen molar-refractivity contribution in [3.05, 3.63) is 78.6 Å². The zero-order valence-corrected chi connectivity index (χ0v) is 20.8. The summed E-state index contributed by atoms with van der Waals surface area (Å²) in [5.41, 5.74) is 3.01. The molecule has 1 aromatic heterocycles. The van der Waals surface area contributed by atoms with Gasteiger partial charge in [-0.15, -0.1) is 11.8 Å². The van der Waals surface area contributed by atoms with Crippen LogP contribution in [0.2, 0.25) is 0 Å². The molecule has 7 heteroatoms. The number of nitrogens with zero attached hydrogens (tertiary/aromatic N) is 3. The Morgan fingerprint density at radius 2 is 1.83 bits per heavy atom. The number of hydrogen-bond donors (Lipinski definition) is 0. The lowest BCUT2D eigenvalue weighted by Gasteiger charge is -2.18. The van der Waals surface area contributed by atoms with Gasteiger partial charge in [-0.3, -0.25) is 4.79 Å². The highest BCUT2D eigenvalue weighted by molar-refractivity contribution is 7.98. The number of thioether (sulfide) groups is 1. The molecule has 1 atom stereocenters. The van der Waals surface area contributed by atoms with Gasteiger partial charge in [0.1, 0.15) is 5.82 Å². The van der Waals surface area contributed by atoms with Crippen LogP contribution in [0.25, 0.3) is 11.0 Å². The predicted molar refractivity (Wildman–Crippen MR) is 141 cm³/mol. The van der Waals surface area contributed by atoms with E-state index in [9.17, 15) is 4.79 Å². The summed E-state index contributed by atoms with van der Waals surface area (Å²) in [7, 11) is 1.65. The van der Waals surface area contributed by atoms with Crippen LogP contribution in [0, 0.1) is 0 Å². The number of hydrogen-bond acceptors (Lipinski definition) is 5. The normalized spacial score (nSPS) is 15.7. The third kappa shape index (κ3) is 4.86. The van der Waals surface area contributed by atoms with E-state index in [4.69, 9.17) is 14.5 Å². The lowest BCUT2D eigenvalue weighted by atomic mass is 10.1. The van der Waals surface area contributed by atoms with Crippen LogP contribution in [0.4, 0.5) is 5.69 Å². The van der Waals surface area contributed by atoms with Gasteiger partial charge in [-0.05, 0) is 55.1 Å². The molecule has 4 aromatic rings. The molecule has 2 heterocycles. The molecule has 1 amide bonds. The topological polar surface area (TPSA) is 56.6 Å². The molecule has 1 fully saturated rings. The SMILES string of the molecule is COc1ccccc1OCCCn1c([C@@H]2CC(=O)N(c3cccc(SC)c3)C2)nc2ccccc21. The van der Waals surface area contributed by atoms with E-state index < -0.39 is 0 Å². The first-order valence-corrected chi connectivity index (χ1v) is 13.1. The molecular weight excluding hydrogens is 458 g/mol. The van der Waals surface area contributed by atoms with E-state index in [0.29, 0.717) is 19.6 Å². The molecule has 0 radical (unpaired) electrons. The number of imidazole rings is 1. The average Bonchev–Trinajstić information content (AvgIpc) is 3.47. The maximum atomic E-state index is 13.0. The molecule has 1 aliphatic rings. The van der Waals surface area contributed by atoms with E-state index in [0.717, 1.165) is 51.9 Å². The Morgan fingerprint density at radius 3 is 2.66 bits per heavy atom. The number of carbonyl (C=O) groups excluding carboxylic acids is 1. The molecule has 1 aliphatic heterocycles. The lowest BCUT2D eigenvalue weighted by Crippen LogP contribution is -2.24. The summed E-state index contributed by atoms with van der Waals surface area (Å²) in [6, 6.07) is 24.1. The molecular formula is C28H29N3O3S. The fourth-order valence-corrected chi connectivity index (χ4v) is 5.15. The fourth-order valence-electron chi connectivity index (χ4n) is 4.69. The van der Waals surface area contributed by atoms with Gasteiger partial charge < -0.3 is 18.9 Å². The van der Waals surface area contributed by atoms with Crippen molar-refractivity contribution in [2.45, 2.75) is 30.2 Å². The number of amides is 1. The second-order valence-corrected chi connectivity index (χ2v) is 9.45. The zero-order chi connectivity index (χ0) is 24.2. The Bertz CT molecular complexity index is 1340. The van der Waals surface area contributed by atoms with Gasteiger partial charge in [0.25, 0.3) is 0 Å². The minimum Gasteiger partial charge on any atom is -0.493 e. The van der Waals surface area contributed by atoms with Crippen molar-refractivity contribution in [2.24, 2.45) is 0 Å². The summed E-state index contributed by atoms with van der Waals surface area (Å²) in [5, 5.41) is 0. The minimum absolute atomic E-state index is 0.0444. The van der Waals surface area contributed by atoms with Crippen molar-refractivity contribution in [3.8, 4) is 11.5 Å². The monoisotopic (exact) mass is 487 g/mol. The van der Waals surface area contributed by atoms with Crippen molar-refractivity contribution in [2.75, 3.05) is 31.4 Å². The molecule has 180 valence electrons. The Morgan fingerprint density at radius 1 is 1.03 bits per heavy atom. The van der Waals surface area contributed by atoms with Crippen LogP contribution < -0.4 is 14.4 Å². The molecule has 0 saturated carbocycles. The molecule has 0 aliphatic carbocycles. The maximum absolute atomic E-state index is 13.0. The lowest BCUT2D eigenvalue weighted by molar-refractivity contribution is -0.117. The van der Waals surface area contributed by atoms with Gasteiger partial charge in [0.2, 0.25) is 5.91 Å².